The monoisotopic (exact) mass is 434 g/mol. The SMILES string of the molecule is Cc1[nH]nc(C2CCC3(CC2)CC(C)(C)CO3)c1CCNCCN(C(=O)O)C(C)(C)C. The summed E-state index contributed by atoms with van der Waals surface area (Å²) in [5.41, 5.74) is 3.71. The summed E-state index contributed by atoms with van der Waals surface area (Å²) in [7, 11) is 0. The average molecular weight is 435 g/mol. The Morgan fingerprint density at radius 2 is 1.97 bits per heavy atom. The van der Waals surface area contributed by atoms with Crippen molar-refractivity contribution in [3.8, 4) is 0 Å². The molecular formula is C24H42N4O3. The van der Waals surface area contributed by atoms with E-state index in [2.05, 4.69) is 36.3 Å². The second kappa shape index (κ2) is 9.10. The van der Waals surface area contributed by atoms with Crippen LogP contribution in [0, 0.1) is 12.3 Å². The molecule has 0 aromatic carbocycles. The summed E-state index contributed by atoms with van der Waals surface area (Å²) in [6.07, 6.45) is 5.74. The van der Waals surface area contributed by atoms with Crippen molar-refractivity contribution in [2.24, 2.45) is 5.41 Å². The third-order valence-electron chi connectivity index (χ3n) is 7.06. The fourth-order valence-electron chi connectivity index (χ4n) is 5.43. The van der Waals surface area contributed by atoms with Gasteiger partial charge in [-0.15, -0.1) is 0 Å². The molecule has 0 bridgehead atoms. The van der Waals surface area contributed by atoms with Gasteiger partial charge in [0.2, 0.25) is 0 Å². The first-order valence-electron chi connectivity index (χ1n) is 11.8. The molecule has 2 fully saturated rings. The number of aromatic nitrogens is 2. The molecule has 1 spiro atoms. The van der Waals surface area contributed by atoms with E-state index in [-0.39, 0.29) is 5.60 Å². The number of hydrogen-bond donors (Lipinski definition) is 3. The van der Waals surface area contributed by atoms with Crippen molar-refractivity contribution in [3.63, 3.8) is 0 Å². The van der Waals surface area contributed by atoms with Crippen LogP contribution in [0.3, 0.4) is 0 Å². The Bertz CT molecular complexity index is 757. The number of carboxylic acid groups (broad SMARTS) is 1. The highest BCUT2D eigenvalue weighted by Crippen LogP contribution is 2.50. The van der Waals surface area contributed by atoms with E-state index in [9.17, 15) is 9.90 Å². The Morgan fingerprint density at radius 1 is 1.29 bits per heavy atom. The van der Waals surface area contributed by atoms with Gasteiger partial charge in [0, 0.05) is 30.2 Å². The largest absolute Gasteiger partial charge is 0.465 e. The normalized spacial score (nSPS) is 25.8. The Kier molecular flexibility index (Phi) is 7.06. The van der Waals surface area contributed by atoms with Gasteiger partial charge in [-0.2, -0.15) is 5.10 Å². The first kappa shape index (κ1) is 24.1. The number of nitrogens with zero attached hydrogens (tertiary/aromatic N) is 2. The number of nitrogens with one attached hydrogen (secondary N) is 2. The van der Waals surface area contributed by atoms with Crippen LogP contribution in [0.2, 0.25) is 0 Å². The lowest BCUT2D eigenvalue weighted by Crippen LogP contribution is -2.48. The maximum Gasteiger partial charge on any atom is 0.407 e. The molecule has 1 amide bonds. The minimum Gasteiger partial charge on any atom is -0.465 e. The number of amides is 1. The topological polar surface area (TPSA) is 90.5 Å². The molecule has 1 saturated heterocycles. The highest BCUT2D eigenvalue weighted by Gasteiger charge is 2.46. The van der Waals surface area contributed by atoms with Gasteiger partial charge in [-0.25, -0.2) is 4.79 Å². The number of ether oxygens (including phenoxy) is 1. The summed E-state index contributed by atoms with van der Waals surface area (Å²) >= 11 is 0. The van der Waals surface area contributed by atoms with Gasteiger partial charge < -0.3 is 20.1 Å². The zero-order valence-corrected chi connectivity index (χ0v) is 20.3. The molecule has 0 atom stereocenters. The predicted molar refractivity (Wildman–Crippen MR) is 123 cm³/mol. The van der Waals surface area contributed by atoms with Crippen LogP contribution in [0.15, 0.2) is 0 Å². The van der Waals surface area contributed by atoms with Crippen LogP contribution in [0.5, 0.6) is 0 Å². The lowest BCUT2D eigenvalue weighted by Gasteiger charge is -2.37. The van der Waals surface area contributed by atoms with Crippen LogP contribution in [0.1, 0.15) is 89.6 Å². The van der Waals surface area contributed by atoms with Gasteiger partial charge in [0.25, 0.3) is 0 Å². The van der Waals surface area contributed by atoms with E-state index in [1.54, 1.807) is 0 Å². The summed E-state index contributed by atoms with van der Waals surface area (Å²) in [5.74, 6) is 0.501. The highest BCUT2D eigenvalue weighted by atomic mass is 16.5. The van der Waals surface area contributed by atoms with Crippen LogP contribution in [-0.2, 0) is 11.2 Å². The molecule has 1 aromatic rings. The number of aromatic amines is 1. The van der Waals surface area contributed by atoms with Crippen molar-refractivity contribution in [1.82, 2.24) is 20.4 Å². The van der Waals surface area contributed by atoms with Crippen LogP contribution >= 0.6 is 0 Å². The molecule has 2 aliphatic rings. The summed E-state index contributed by atoms with van der Waals surface area (Å²) in [6, 6.07) is 0. The van der Waals surface area contributed by atoms with Gasteiger partial charge in [-0.3, -0.25) is 5.10 Å². The molecule has 31 heavy (non-hydrogen) atoms. The van der Waals surface area contributed by atoms with E-state index in [4.69, 9.17) is 4.74 Å². The fourth-order valence-corrected chi connectivity index (χ4v) is 5.43. The van der Waals surface area contributed by atoms with E-state index < -0.39 is 11.6 Å². The van der Waals surface area contributed by atoms with Gasteiger partial charge in [-0.05, 0) is 83.7 Å². The number of rotatable bonds is 7. The van der Waals surface area contributed by atoms with E-state index in [1.807, 2.05) is 20.8 Å². The Labute approximate surface area is 187 Å². The maximum absolute atomic E-state index is 11.5. The Balaban J connectivity index is 1.50. The average Bonchev–Trinajstić information content (AvgIpc) is 3.17. The molecule has 0 radical (unpaired) electrons. The highest BCUT2D eigenvalue weighted by molar-refractivity contribution is 5.65. The minimum absolute atomic E-state index is 0.0934. The van der Waals surface area contributed by atoms with Crippen molar-refractivity contribution in [1.29, 1.82) is 0 Å². The summed E-state index contributed by atoms with van der Waals surface area (Å²) in [5, 5.41) is 20.7. The van der Waals surface area contributed by atoms with Crippen LogP contribution in [0.25, 0.3) is 0 Å². The molecular weight excluding hydrogens is 392 g/mol. The van der Waals surface area contributed by atoms with E-state index in [0.717, 1.165) is 50.9 Å². The standard InChI is InChI=1S/C24H42N4O3/c1-17-19(9-12-25-13-14-28(21(29)30)22(2,3)4)20(27-26-17)18-7-10-24(11-8-18)15-23(5,6)16-31-24/h18,25H,7-16H2,1-6H3,(H,26,27)(H,29,30). The fraction of sp³-hybridized carbons (Fsp3) is 0.833. The van der Waals surface area contributed by atoms with E-state index in [0.29, 0.717) is 24.4 Å². The van der Waals surface area contributed by atoms with Crippen molar-refractivity contribution in [2.75, 3.05) is 26.2 Å². The molecule has 7 nitrogen and oxygen atoms in total. The van der Waals surface area contributed by atoms with Crippen molar-refractivity contribution >= 4 is 6.09 Å². The number of aryl methyl sites for hydroxylation is 1. The first-order valence-corrected chi connectivity index (χ1v) is 11.8. The summed E-state index contributed by atoms with van der Waals surface area (Å²) < 4.78 is 6.28. The summed E-state index contributed by atoms with van der Waals surface area (Å²) in [6.45, 7) is 15.3. The predicted octanol–water partition coefficient (Wildman–Crippen LogP) is 4.47. The van der Waals surface area contributed by atoms with Crippen LogP contribution in [-0.4, -0.2) is 63.7 Å². The Morgan fingerprint density at radius 3 is 2.52 bits per heavy atom. The molecule has 7 heteroatoms. The van der Waals surface area contributed by atoms with Gasteiger partial charge >= 0.3 is 6.09 Å². The van der Waals surface area contributed by atoms with Crippen molar-refractivity contribution < 1.29 is 14.6 Å². The molecule has 176 valence electrons. The smallest absolute Gasteiger partial charge is 0.407 e. The third kappa shape index (κ3) is 5.80. The van der Waals surface area contributed by atoms with E-state index in [1.165, 1.54) is 22.6 Å². The molecule has 1 aromatic heterocycles. The third-order valence-corrected chi connectivity index (χ3v) is 7.06. The lowest BCUT2D eigenvalue weighted by molar-refractivity contribution is -0.0296. The second-order valence-corrected chi connectivity index (χ2v) is 11.4. The minimum atomic E-state index is -0.869. The first-order chi connectivity index (χ1) is 14.4. The molecule has 3 rings (SSSR count). The van der Waals surface area contributed by atoms with Crippen molar-refractivity contribution in [3.05, 3.63) is 17.0 Å². The molecule has 1 aliphatic heterocycles. The second-order valence-electron chi connectivity index (χ2n) is 11.4. The van der Waals surface area contributed by atoms with E-state index >= 15 is 0 Å². The van der Waals surface area contributed by atoms with Gasteiger partial charge in [-0.1, -0.05) is 13.8 Å². The zero-order chi connectivity index (χ0) is 22.9. The lowest BCUT2D eigenvalue weighted by atomic mass is 9.72. The molecule has 0 unspecified atom stereocenters. The zero-order valence-electron chi connectivity index (χ0n) is 20.3. The van der Waals surface area contributed by atoms with Gasteiger partial charge in [0.1, 0.15) is 0 Å². The molecule has 1 aliphatic carbocycles. The molecule has 1 saturated carbocycles. The molecule has 3 N–H and O–H groups in total. The Hall–Kier alpha value is -1.60. The number of carbonyl (C=O) groups is 1. The molecule has 2 heterocycles. The van der Waals surface area contributed by atoms with Crippen LogP contribution in [0.4, 0.5) is 4.79 Å². The van der Waals surface area contributed by atoms with Gasteiger partial charge in [0.15, 0.2) is 0 Å². The van der Waals surface area contributed by atoms with Crippen LogP contribution < -0.4 is 5.32 Å². The maximum atomic E-state index is 11.5. The summed E-state index contributed by atoms with van der Waals surface area (Å²) in [4.78, 5) is 13.0. The quantitative estimate of drug-likeness (QED) is 0.551. The van der Waals surface area contributed by atoms with Crippen molar-refractivity contribution in [2.45, 2.75) is 97.1 Å². The van der Waals surface area contributed by atoms with Gasteiger partial charge in [0.05, 0.1) is 17.9 Å². The number of H-pyrrole nitrogens is 1. The number of hydrogen-bond acceptors (Lipinski definition) is 4.